The highest BCUT2D eigenvalue weighted by Crippen LogP contribution is 2.33. The summed E-state index contributed by atoms with van der Waals surface area (Å²) < 4.78 is 6.16. The lowest BCUT2D eigenvalue weighted by atomic mass is 9.92. The first-order chi connectivity index (χ1) is 41.1. The Morgan fingerprint density at radius 2 is 1.47 bits per heavy atom. The van der Waals surface area contributed by atoms with E-state index in [1.54, 1.807) is 62.4 Å². The van der Waals surface area contributed by atoms with Gasteiger partial charge in [-0.1, -0.05) is 97.4 Å². The molecule has 25 heteroatoms. The summed E-state index contributed by atoms with van der Waals surface area (Å²) in [7, 11) is 3.66. The van der Waals surface area contributed by atoms with Crippen molar-refractivity contribution >= 4 is 82.2 Å². The molecule has 2 aromatic carbocycles. The van der Waals surface area contributed by atoms with Gasteiger partial charge >= 0.3 is 17.9 Å². The van der Waals surface area contributed by atoms with Gasteiger partial charge in [-0.2, -0.15) is 0 Å². The van der Waals surface area contributed by atoms with Crippen molar-refractivity contribution in [2.75, 3.05) is 32.5 Å². The maximum atomic E-state index is 14.9. The van der Waals surface area contributed by atoms with Crippen LogP contribution in [0.15, 0.2) is 72.1 Å². The molecule has 1 saturated heterocycles. The fraction of sp³-hybridized carbons (Fsp3) is 0.548. The number of thiazole rings is 1. The summed E-state index contributed by atoms with van der Waals surface area (Å²) in [4.78, 5) is 152. The molecule has 87 heavy (non-hydrogen) atoms. The van der Waals surface area contributed by atoms with Gasteiger partial charge in [-0.3, -0.25) is 57.6 Å². The predicted octanol–water partition coefficient (Wildman–Crippen LogP) is 4.48. The molecule has 0 bridgehead atoms. The minimum atomic E-state index is -1.42. The molecule has 0 saturated carbocycles. The van der Waals surface area contributed by atoms with Crippen molar-refractivity contribution in [1.82, 2.24) is 36.1 Å². The number of aliphatic carboxylic acids is 2. The van der Waals surface area contributed by atoms with Crippen LogP contribution in [0.1, 0.15) is 139 Å². The lowest BCUT2D eigenvalue weighted by molar-refractivity contribution is -0.942. The molecule has 3 aromatic rings. The maximum Gasteiger partial charge on any atom is 0.306 e. The Bertz CT molecular complexity index is 2960. The number of esters is 1. The van der Waals surface area contributed by atoms with Crippen LogP contribution in [0, 0.1) is 23.7 Å². The number of likely N-dealkylation sites (N-methyl/N-ethyl adjacent to an activating group) is 2. The number of carboxylic acid groups (broad SMARTS) is 2. The zero-order valence-electron chi connectivity index (χ0n) is 51.4. The van der Waals surface area contributed by atoms with E-state index < -0.39 is 127 Å². The van der Waals surface area contributed by atoms with Gasteiger partial charge in [-0.05, 0) is 67.6 Å². The monoisotopic (exact) mass is 1230 g/mol. The van der Waals surface area contributed by atoms with Crippen molar-refractivity contribution < 1.29 is 72.2 Å². The number of anilines is 1. The predicted molar refractivity (Wildman–Crippen MR) is 324 cm³/mol. The number of hydrogen-bond donors (Lipinski definition) is 8. The molecule has 2 aliphatic rings. The number of likely N-dealkylation sites (tertiary alicyclic amines) is 1. The molecule has 11 atom stereocenters. The number of imide groups is 1. The highest BCUT2D eigenvalue weighted by Gasteiger charge is 2.44. The van der Waals surface area contributed by atoms with E-state index in [2.05, 4.69) is 31.6 Å². The molecule has 24 nitrogen and oxygen atoms in total. The molecule has 4 unspecified atom stereocenters. The second-order valence-electron chi connectivity index (χ2n) is 23.8. The second kappa shape index (κ2) is 32.2. The second-order valence-corrected chi connectivity index (χ2v) is 24.7. The summed E-state index contributed by atoms with van der Waals surface area (Å²) in [6, 6.07) is 9.69. The third-order valence-corrected chi connectivity index (χ3v) is 17.3. The third kappa shape index (κ3) is 19.6. The number of rotatable bonds is 32. The quantitative estimate of drug-likeness (QED) is 0.0243. The van der Waals surface area contributed by atoms with Gasteiger partial charge in [-0.15, -0.1) is 11.3 Å². The van der Waals surface area contributed by atoms with Crippen molar-refractivity contribution in [2.24, 2.45) is 29.4 Å². The fourth-order valence-electron chi connectivity index (χ4n) is 11.1. The molecule has 8 amide bonds. The van der Waals surface area contributed by atoms with Gasteiger partial charge in [0.25, 0.3) is 23.6 Å². The first-order valence-corrected chi connectivity index (χ1v) is 30.5. The van der Waals surface area contributed by atoms with Gasteiger partial charge in [0.2, 0.25) is 23.6 Å². The number of carboxylic acids is 2. The van der Waals surface area contributed by atoms with E-state index in [4.69, 9.17) is 10.5 Å². The normalized spacial score (nSPS) is 18.9. The Labute approximate surface area is 512 Å². The highest BCUT2D eigenvalue weighted by atomic mass is 32.1. The molecule has 0 spiro atoms. The van der Waals surface area contributed by atoms with Crippen LogP contribution < -0.4 is 32.3 Å². The zero-order chi connectivity index (χ0) is 64.4. The summed E-state index contributed by atoms with van der Waals surface area (Å²) in [5.41, 5.74) is 7.91. The van der Waals surface area contributed by atoms with E-state index in [1.807, 2.05) is 65.1 Å². The molecule has 474 valence electrons. The summed E-state index contributed by atoms with van der Waals surface area (Å²) in [6.07, 6.45) is 3.66. The van der Waals surface area contributed by atoms with Crippen LogP contribution in [-0.4, -0.2) is 164 Å². The van der Waals surface area contributed by atoms with Gasteiger partial charge in [0.1, 0.15) is 41.4 Å². The van der Waals surface area contributed by atoms with E-state index in [0.717, 1.165) is 47.5 Å². The molecule has 0 radical (unpaired) electrons. The first kappa shape index (κ1) is 69.9. The first-order valence-electron chi connectivity index (χ1n) is 29.7. The van der Waals surface area contributed by atoms with Gasteiger partial charge in [0.05, 0.1) is 19.5 Å². The van der Waals surface area contributed by atoms with E-state index in [0.29, 0.717) is 52.4 Å². The van der Waals surface area contributed by atoms with Crippen molar-refractivity contribution in [2.45, 2.75) is 168 Å². The molecule has 1 aromatic heterocycles. The molecule has 0 aliphatic carbocycles. The zero-order valence-corrected chi connectivity index (χ0v) is 52.2. The summed E-state index contributed by atoms with van der Waals surface area (Å²) in [5.74, 6) is -9.62. The SMILES string of the molecule is CC[C@H](C)[C@H](NC(=O)[C@H]1CCCC[N+]1(C)Cc1ccc(NC(=O)C(CCC(=O)O)NC(=O)C(NC(=O)C(CN)N2C(=O)C=CC2=O)C(C)C)cc1)C(=O)N(C)[C@H](C[C@@H](OC(C)=O)c1nc(C(=O)N[C@@H](Cc2ccccc2)C[C@H](C)C(=O)O)cs1)C(C)C. The standard InChI is InChI=1S/C62H86N10O14S/c1-11-37(6)54(61(83)70(9)46(35(2)3)31-49(86-39(8)73)60-67-45(34-87-60)56(79)65-43(29-38(7)62(84)85)30-40-17-13-12-14-18-40)69-58(81)48-19-15-16-28-72(48,10)33-41-20-22-42(23-21-41)64-55(78)44(24-27-52(76)77)66-59(82)53(36(4)5)68-57(80)47(32-63)71-50(74)25-26-51(71)75/h12-14,17-18,20-23,25-26,34-38,43-44,46-49,53-54H,11,15-16,19,24,27-33,63H2,1-10H3,(H6-,64,65,66,68,69,76,77,78,79,80,81,82,84,85)/p+1/t37-,38-,43+,44?,46+,47?,48+,49+,53?,54-,72?/m0/s1. The third-order valence-electron chi connectivity index (χ3n) is 16.3. The minimum Gasteiger partial charge on any atom is -0.481 e. The number of piperidine rings is 1. The van der Waals surface area contributed by atoms with Crippen molar-refractivity contribution in [1.29, 1.82) is 0 Å². The highest BCUT2D eigenvalue weighted by molar-refractivity contribution is 7.09. The van der Waals surface area contributed by atoms with E-state index >= 15 is 0 Å². The Morgan fingerprint density at radius 3 is 2.05 bits per heavy atom. The minimum absolute atomic E-state index is 0.0663. The molecular formula is C62H87N10O14S+. The number of amides is 8. The molecule has 5 rings (SSSR count). The van der Waals surface area contributed by atoms with Gasteiger partial charge < -0.3 is 56.7 Å². The molecule has 1 fully saturated rings. The lowest BCUT2D eigenvalue weighted by Crippen LogP contribution is -2.63. The van der Waals surface area contributed by atoms with Crippen molar-refractivity contribution in [3.8, 4) is 0 Å². The van der Waals surface area contributed by atoms with E-state index in [-0.39, 0.29) is 48.6 Å². The van der Waals surface area contributed by atoms with E-state index in [1.165, 1.54) is 6.92 Å². The maximum absolute atomic E-state index is 14.9. The number of quaternary nitrogens is 1. The smallest absolute Gasteiger partial charge is 0.306 e. The largest absolute Gasteiger partial charge is 0.481 e. The van der Waals surface area contributed by atoms with Crippen molar-refractivity contribution in [3.05, 3.63) is 94.0 Å². The molecular weight excluding hydrogens is 1140 g/mol. The van der Waals surface area contributed by atoms with Crippen LogP contribution in [0.3, 0.4) is 0 Å². The van der Waals surface area contributed by atoms with Crippen LogP contribution in [0.2, 0.25) is 0 Å². The van der Waals surface area contributed by atoms with Crippen LogP contribution in [0.5, 0.6) is 0 Å². The van der Waals surface area contributed by atoms with Gasteiger partial charge in [0, 0.05) is 80.6 Å². The van der Waals surface area contributed by atoms with Crippen molar-refractivity contribution in [3.63, 3.8) is 0 Å². The average molecular weight is 1230 g/mol. The lowest BCUT2D eigenvalue weighted by Gasteiger charge is -2.44. The molecule has 2 aliphatic heterocycles. The Balaban J connectivity index is 1.27. The number of nitrogens with one attached hydrogen (secondary N) is 5. The number of carbonyl (C=O) groups is 11. The summed E-state index contributed by atoms with van der Waals surface area (Å²) >= 11 is 1.13. The summed E-state index contributed by atoms with van der Waals surface area (Å²) in [5, 5.41) is 35.1. The topological polar surface area (TPSA) is 343 Å². The average Bonchev–Trinajstić information content (AvgIpc) is 2.23. The Morgan fingerprint density at radius 1 is 0.816 bits per heavy atom. The number of ether oxygens (including phenoxy) is 1. The van der Waals surface area contributed by atoms with Crippen LogP contribution in [0.25, 0.3) is 0 Å². The summed E-state index contributed by atoms with van der Waals surface area (Å²) in [6.45, 7) is 14.4. The number of hydrogen-bond acceptors (Lipinski definition) is 15. The van der Waals surface area contributed by atoms with Crippen LogP contribution >= 0.6 is 11.3 Å². The molecule has 3 heterocycles. The number of nitrogens with zero attached hydrogens (tertiary/aromatic N) is 4. The number of benzene rings is 2. The molecule has 9 N–H and O–H groups in total. The number of aromatic nitrogens is 1. The number of nitrogens with two attached hydrogens (primary N) is 1. The van der Waals surface area contributed by atoms with Crippen LogP contribution in [0.4, 0.5) is 5.69 Å². The van der Waals surface area contributed by atoms with Crippen LogP contribution in [-0.2, 0) is 65.6 Å². The van der Waals surface area contributed by atoms with E-state index in [9.17, 15) is 63.0 Å². The Kier molecular flexibility index (Phi) is 25.8. The van der Waals surface area contributed by atoms with Gasteiger partial charge in [-0.25, -0.2) is 4.98 Å². The van der Waals surface area contributed by atoms with Gasteiger partial charge in [0.15, 0.2) is 12.1 Å². The Hall–Kier alpha value is -7.90. The fourth-order valence-corrected chi connectivity index (χ4v) is 11.9. The number of carbonyl (C=O) groups excluding carboxylic acids is 9.